The Labute approximate surface area is 176 Å². The number of hydrogen-bond acceptors (Lipinski definition) is 2. The van der Waals surface area contributed by atoms with Gasteiger partial charge in [-0.25, -0.2) is 4.68 Å². The number of fused-ring (bicyclic) bond motifs is 1. The van der Waals surface area contributed by atoms with E-state index in [1.54, 1.807) is 19.2 Å². The van der Waals surface area contributed by atoms with Crippen LogP contribution in [0.5, 0.6) is 0 Å². The van der Waals surface area contributed by atoms with E-state index in [0.29, 0.717) is 11.4 Å². The minimum atomic E-state index is -4.43. The van der Waals surface area contributed by atoms with Crippen LogP contribution in [0.3, 0.4) is 0 Å². The minimum absolute atomic E-state index is 0.150. The Balaban J connectivity index is 1.50. The third-order valence-corrected chi connectivity index (χ3v) is 5.34. The summed E-state index contributed by atoms with van der Waals surface area (Å²) >= 11 is 0. The van der Waals surface area contributed by atoms with Crippen LogP contribution in [0.25, 0.3) is 16.6 Å². The van der Waals surface area contributed by atoms with Crippen molar-refractivity contribution in [3.8, 4) is 5.69 Å². The SMILES string of the molecule is Cc1c(C(C)NC(=O)Cc2c[nH]c3ccccc23)cnn1-c1cccc(C(F)(F)F)c1. The fourth-order valence-electron chi connectivity index (χ4n) is 3.74. The fourth-order valence-corrected chi connectivity index (χ4v) is 3.74. The quantitative estimate of drug-likeness (QED) is 0.466. The zero-order valence-corrected chi connectivity index (χ0v) is 17.0. The highest BCUT2D eigenvalue weighted by Gasteiger charge is 2.30. The van der Waals surface area contributed by atoms with Crippen LogP contribution in [0.1, 0.15) is 35.3 Å². The highest BCUT2D eigenvalue weighted by molar-refractivity contribution is 5.89. The summed E-state index contributed by atoms with van der Waals surface area (Å²) in [6.45, 7) is 3.60. The number of halogens is 3. The van der Waals surface area contributed by atoms with E-state index < -0.39 is 11.7 Å². The molecule has 2 heterocycles. The zero-order valence-electron chi connectivity index (χ0n) is 17.0. The number of carbonyl (C=O) groups is 1. The van der Waals surface area contributed by atoms with Crippen LogP contribution in [0.4, 0.5) is 13.2 Å². The van der Waals surface area contributed by atoms with Gasteiger partial charge >= 0.3 is 6.18 Å². The van der Waals surface area contributed by atoms with E-state index in [1.807, 2.05) is 37.4 Å². The number of nitrogens with one attached hydrogen (secondary N) is 2. The molecule has 0 aliphatic heterocycles. The second-order valence-corrected chi connectivity index (χ2v) is 7.47. The molecule has 31 heavy (non-hydrogen) atoms. The van der Waals surface area contributed by atoms with Gasteiger partial charge in [0.25, 0.3) is 0 Å². The number of aromatic nitrogens is 3. The van der Waals surface area contributed by atoms with E-state index in [0.717, 1.165) is 34.2 Å². The van der Waals surface area contributed by atoms with Crippen molar-refractivity contribution in [2.75, 3.05) is 0 Å². The lowest BCUT2D eigenvalue weighted by atomic mass is 10.1. The number of H-pyrrole nitrogens is 1. The van der Waals surface area contributed by atoms with Gasteiger partial charge in [-0.15, -0.1) is 0 Å². The predicted octanol–water partition coefficient (Wildman–Crippen LogP) is 5.10. The molecule has 0 radical (unpaired) electrons. The van der Waals surface area contributed by atoms with Gasteiger partial charge in [-0.3, -0.25) is 4.79 Å². The minimum Gasteiger partial charge on any atom is -0.361 e. The van der Waals surface area contributed by atoms with E-state index in [-0.39, 0.29) is 18.4 Å². The molecule has 0 fully saturated rings. The van der Waals surface area contributed by atoms with Crippen molar-refractivity contribution in [2.45, 2.75) is 32.5 Å². The van der Waals surface area contributed by atoms with E-state index in [1.165, 1.54) is 10.7 Å². The summed E-state index contributed by atoms with van der Waals surface area (Å²) in [5, 5.41) is 8.20. The van der Waals surface area contributed by atoms with E-state index >= 15 is 0 Å². The van der Waals surface area contributed by atoms with Crippen LogP contribution in [0.2, 0.25) is 0 Å². The Morgan fingerprint density at radius 2 is 1.97 bits per heavy atom. The lowest BCUT2D eigenvalue weighted by Gasteiger charge is -2.15. The van der Waals surface area contributed by atoms with Gasteiger partial charge in [-0.1, -0.05) is 24.3 Å². The number of amides is 1. The molecule has 4 aromatic rings. The number of para-hydroxylation sites is 1. The second-order valence-electron chi connectivity index (χ2n) is 7.47. The molecule has 5 nitrogen and oxygen atoms in total. The molecule has 4 rings (SSSR count). The molecule has 2 aromatic heterocycles. The zero-order chi connectivity index (χ0) is 22.2. The van der Waals surface area contributed by atoms with Gasteiger partial charge < -0.3 is 10.3 Å². The first-order valence-electron chi connectivity index (χ1n) is 9.80. The van der Waals surface area contributed by atoms with Gasteiger partial charge in [0.15, 0.2) is 0 Å². The Morgan fingerprint density at radius 3 is 2.74 bits per heavy atom. The summed E-state index contributed by atoms with van der Waals surface area (Å²) in [4.78, 5) is 15.8. The molecular formula is C23H21F3N4O. The molecule has 2 aromatic carbocycles. The van der Waals surface area contributed by atoms with Crippen LogP contribution < -0.4 is 5.32 Å². The number of benzene rings is 2. The van der Waals surface area contributed by atoms with Crippen molar-refractivity contribution in [3.63, 3.8) is 0 Å². The molecule has 0 spiro atoms. The van der Waals surface area contributed by atoms with E-state index in [9.17, 15) is 18.0 Å². The maximum absolute atomic E-state index is 13.0. The Morgan fingerprint density at radius 1 is 1.19 bits per heavy atom. The predicted molar refractivity (Wildman–Crippen MR) is 112 cm³/mol. The fraction of sp³-hybridized carbons (Fsp3) is 0.217. The molecule has 2 N–H and O–H groups in total. The lowest BCUT2D eigenvalue weighted by molar-refractivity contribution is -0.137. The van der Waals surface area contributed by atoms with Gasteiger partial charge in [0.1, 0.15) is 0 Å². The number of alkyl halides is 3. The van der Waals surface area contributed by atoms with Gasteiger partial charge in [0.05, 0.1) is 29.9 Å². The highest BCUT2D eigenvalue weighted by atomic mass is 19.4. The number of carbonyl (C=O) groups excluding carboxylic acids is 1. The van der Waals surface area contributed by atoms with Crippen LogP contribution in [-0.2, 0) is 17.4 Å². The first-order valence-corrected chi connectivity index (χ1v) is 9.80. The molecule has 0 saturated carbocycles. The van der Waals surface area contributed by atoms with Crippen LogP contribution in [-0.4, -0.2) is 20.7 Å². The van der Waals surface area contributed by atoms with Crippen molar-refractivity contribution >= 4 is 16.8 Å². The van der Waals surface area contributed by atoms with Gasteiger partial charge in [0, 0.05) is 28.4 Å². The first-order chi connectivity index (χ1) is 14.7. The Hall–Kier alpha value is -3.55. The summed E-state index contributed by atoms with van der Waals surface area (Å²) in [6.07, 6.45) is -0.809. The summed E-state index contributed by atoms with van der Waals surface area (Å²) < 4.78 is 40.6. The van der Waals surface area contributed by atoms with Crippen molar-refractivity contribution in [2.24, 2.45) is 0 Å². The number of aromatic amines is 1. The molecule has 0 aliphatic carbocycles. The van der Waals surface area contributed by atoms with Crippen LogP contribution >= 0.6 is 0 Å². The maximum atomic E-state index is 13.0. The Bertz CT molecular complexity index is 1240. The van der Waals surface area contributed by atoms with Crippen LogP contribution in [0.15, 0.2) is 60.9 Å². The average Bonchev–Trinajstić information content (AvgIpc) is 3.31. The Kier molecular flexibility index (Phi) is 5.31. The number of nitrogens with zero attached hydrogens (tertiary/aromatic N) is 2. The van der Waals surface area contributed by atoms with Crippen molar-refractivity contribution in [3.05, 3.63) is 83.3 Å². The van der Waals surface area contributed by atoms with Crippen molar-refractivity contribution in [1.29, 1.82) is 0 Å². The van der Waals surface area contributed by atoms with Crippen molar-refractivity contribution in [1.82, 2.24) is 20.1 Å². The third kappa shape index (κ3) is 4.19. The van der Waals surface area contributed by atoms with E-state index in [4.69, 9.17) is 0 Å². The molecule has 0 aliphatic rings. The first kappa shape index (κ1) is 20.7. The van der Waals surface area contributed by atoms with E-state index in [2.05, 4.69) is 15.4 Å². The van der Waals surface area contributed by atoms with Crippen LogP contribution in [0, 0.1) is 6.92 Å². The van der Waals surface area contributed by atoms with Gasteiger partial charge in [0.2, 0.25) is 5.91 Å². The maximum Gasteiger partial charge on any atom is 0.416 e. The molecule has 0 saturated heterocycles. The highest BCUT2D eigenvalue weighted by Crippen LogP contribution is 2.31. The molecule has 0 bridgehead atoms. The summed E-state index contributed by atoms with van der Waals surface area (Å²) in [5.41, 5.74) is 2.86. The topological polar surface area (TPSA) is 62.7 Å². The largest absolute Gasteiger partial charge is 0.416 e. The molecular weight excluding hydrogens is 405 g/mol. The standard InChI is InChI=1S/C23H21F3N4O/c1-14(29-22(31)10-16-12-27-21-9-4-3-8-19(16)21)20-13-28-30(15(20)2)18-7-5-6-17(11-18)23(24,25)26/h3-9,11-14,27H,10H2,1-2H3,(H,29,31). The number of rotatable bonds is 5. The number of hydrogen-bond donors (Lipinski definition) is 2. The average molecular weight is 426 g/mol. The van der Waals surface area contributed by atoms with Gasteiger partial charge in [-0.2, -0.15) is 18.3 Å². The molecule has 1 amide bonds. The molecule has 1 unspecified atom stereocenters. The molecule has 8 heteroatoms. The second kappa shape index (κ2) is 7.94. The third-order valence-electron chi connectivity index (χ3n) is 5.34. The van der Waals surface area contributed by atoms with Crippen molar-refractivity contribution < 1.29 is 18.0 Å². The molecule has 1 atom stereocenters. The molecule has 160 valence electrons. The normalized spacial score (nSPS) is 12.8. The summed E-state index contributed by atoms with van der Waals surface area (Å²) in [6, 6.07) is 12.4. The summed E-state index contributed by atoms with van der Waals surface area (Å²) in [5.74, 6) is -0.150. The van der Waals surface area contributed by atoms with Gasteiger partial charge in [-0.05, 0) is 43.7 Å². The monoisotopic (exact) mass is 426 g/mol. The lowest BCUT2D eigenvalue weighted by Crippen LogP contribution is -2.28. The smallest absolute Gasteiger partial charge is 0.361 e. The summed E-state index contributed by atoms with van der Waals surface area (Å²) in [7, 11) is 0.